The summed E-state index contributed by atoms with van der Waals surface area (Å²) in [5.74, 6) is 1.71. The number of aryl methyl sites for hydroxylation is 1. The first-order valence-electron chi connectivity index (χ1n) is 6.45. The van der Waals surface area contributed by atoms with Crippen LogP contribution < -0.4 is 5.32 Å². The summed E-state index contributed by atoms with van der Waals surface area (Å²) in [6, 6.07) is 5.20. The minimum Gasteiger partial charge on any atom is -0.309 e. The Balaban J connectivity index is 1.85. The van der Waals surface area contributed by atoms with E-state index in [0.29, 0.717) is 0 Å². The second-order valence-electron chi connectivity index (χ2n) is 5.27. The lowest BCUT2D eigenvalue weighted by molar-refractivity contribution is 0.206. The molecule has 1 aromatic rings. The van der Waals surface area contributed by atoms with Gasteiger partial charge in [0.25, 0.3) is 0 Å². The Kier molecular flexibility index (Phi) is 4.04. The van der Waals surface area contributed by atoms with Crippen LogP contribution in [0.25, 0.3) is 0 Å². The quantitative estimate of drug-likeness (QED) is 0.838. The Morgan fingerprint density at radius 2 is 2.12 bits per heavy atom. The van der Waals surface area contributed by atoms with E-state index in [2.05, 4.69) is 38.2 Å². The number of nitrogens with one attached hydrogen (secondary N) is 1. The van der Waals surface area contributed by atoms with Crippen LogP contribution in [0.2, 0.25) is 0 Å². The maximum Gasteiger partial charge on any atom is 0.0302 e. The number of rotatable bonds is 3. The molecular weight excluding hydrogens is 214 g/mol. The molecule has 3 atom stereocenters. The molecule has 3 unspecified atom stereocenters. The Morgan fingerprint density at radius 1 is 1.31 bits per heavy atom. The molecule has 1 saturated carbocycles. The molecule has 1 nitrogen and oxygen atoms in total. The van der Waals surface area contributed by atoms with Gasteiger partial charge in [-0.3, -0.25) is 0 Å². The molecule has 0 amide bonds. The molecule has 1 aliphatic carbocycles. The first-order valence-corrected chi connectivity index (χ1v) is 7.27. The normalized spacial score (nSPS) is 30.6. The highest BCUT2D eigenvalue weighted by atomic mass is 32.1. The van der Waals surface area contributed by atoms with Crippen molar-refractivity contribution in [3.8, 4) is 0 Å². The molecule has 0 aromatic carbocycles. The lowest BCUT2D eigenvalue weighted by Gasteiger charge is -2.34. The topological polar surface area (TPSA) is 12.0 Å². The van der Waals surface area contributed by atoms with Crippen LogP contribution in [0.1, 0.15) is 42.9 Å². The van der Waals surface area contributed by atoms with Crippen molar-refractivity contribution in [2.45, 2.75) is 52.6 Å². The van der Waals surface area contributed by atoms with Crippen molar-refractivity contribution in [2.75, 3.05) is 0 Å². The SMILES string of the molecule is Cc1ccc(CNC2CCCC(C)C2C)s1. The summed E-state index contributed by atoms with van der Waals surface area (Å²) in [4.78, 5) is 2.89. The zero-order chi connectivity index (χ0) is 11.5. The van der Waals surface area contributed by atoms with Crippen molar-refractivity contribution in [3.05, 3.63) is 21.9 Å². The predicted molar refractivity (Wildman–Crippen MR) is 71.9 cm³/mol. The maximum atomic E-state index is 3.74. The summed E-state index contributed by atoms with van der Waals surface area (Å²) in [6.45, 7) is 8.04. The Morgan fingerprint density at radius 3 is 2.81 bits per heavy atom. The van der Waals surface area contributed by atoms with Gasteiger partial charge in [-0.1, -0.05) is 26.7 Å². The second-order valence-corrected chi connectivity index (χ2v) is 6.64. The molecule has 0 bridgehead atoms. The number of thiophene rings is 1. The van der Waals surface area contributed by atoms with Gasteiger partial charge in [-0.05, 0) is 37.3 Å². The van der Waals surface area contributed by atoms with E-state index in [1.165, 1.54) is 29.0 Å². The van der Waals surface area contributed by atoms with E-state index < -0.39 is 0 Å². The van der Waals surface area contributed by atoms with Crippen molar-refractivity contribution in [3.63, 3.8) is 0 Å². The zero-order valence-electron chi connectivity index (χ0n) is 10.6. The lowest BCUT2D eigenvalue weighted by atomic mass is 9.78. The Hall–Kier alpha value is -0.340. The summed E-state index contributed by atoms with van der Waals surface area (Å²) < 4.78 is 0. The molecule has 1 heterocycles. The van der Waals surface area contributed by atoms with Gasteiger partial charge in [0, 0.05) is 22.3 Å². The van der Waals surface area contributed by atoms with Crippen LogP contribution in [0.15, 0.2) is 12.1 Å². The van der Waals surface area contributed by atoms with Crippen molar-refractivity contribution >= 4 is 11.3 Å². The van der Waals surface area contributed by atoms with Gasteiger partial charge in [-0.2, -0.15) is 0 Å². The van der Waals surface area contributed by atoms with Gasteiger partial charge >= 0.3 is 0 Å². The monoisotopic (exact) mass is 237 g/mol. The summed E-state index contributed by atoms with van der Waals surface area (Å²) in [5, 5.41) is 3.74. The fraction of sp³-hybridized carbons (Fsp3) is 0.714. The highest BCUT2D eigenvalue weighted by Gasteiger charge is 2.26. The first-order chi connectivity index (χ1) is 7.66. The third kappa shape index (κ3) is 2.86. The van der Waals surface area contributed by atoms with Crippen LogP contribution in [-0.2, 0) is 6.54 Å². The molecule has 0 saturated heterocycles. The minimum atomic E-state index is 0.728. The Labute approximate surface area is 103 Å². The Bertz CT molecular complexity index is 331. The molecule has 1 aliphatic rings. The van der Waals surface area contributed by atoms with Crippen LogP contribution in [0.4, 0.5) is 0 Å². The van der Waals surface area contributed by atoms with Crippen LogP contribution >= 0.6 is 11.3 Å². The van der Waals surface area contributed by atoms with E-state index in [0.717, 1.165) is 24.4 Å². The molecule has 90 valence electrons. The number of hydrogen-bond donors (Lipinski definition) is 1. The van der Waals surface area contributed by atoms with Gasteiger partial charge in [-0.25, -0.2) is 0 Å². The summed E-state index contributed by atoms with van der Waals surface area (Å²) in [6.07, 6.45) is 4.17. The molecule has 2 rings (SSSR count). The van der Waals surface area contributed by atoms with Gasteiger partial charge in [0.2, 0.25) is 0 Å². The fourth-order valence-electron chi connectivity index (χ4n) is 2.68. The maximum absolute atomic E-state index is 3.74. The third-order valence-electron chi connectivity index (χ3n) is 4.04. The highest BCUT2D eigenvalue weighted by Crippen LogP contribution is 2.29. The zero-order valence-corrected chi connectivity index (χ0v) is 11.4. The standard InChI is InChI=1S/C14H23NS/c1-10-5-4-6-14(12(10)3)15-9-13-8-7-11(2)16-13/h7-8,10,12,14-15H,4-6,9H2,1-3H3. The van der Waals surface area contributed by atoms with Crippen molar-refractivity contribution in [1.29, 1.82) is 0 Å². The number of hydrogen-bond acceptors (Lipinski definition) is 2. The van der Waals surface area contributed by atoms with Gasteiger partial charge < -0.3 is 5.32 Å². The van der Waals surface area contributed by atoms with E-state index in [1.807, 2.05) is 11.3 Å². The molecule has 16 heavy (non-hydrogen) atoms. The van der Waals surface area contributed by atoms with E-state index in [-0.39, 0.29) is 0 Å². The highest BCUT2D eigenvalue weighted by molar-refractivity contribution is 7.11. The van der Waals surface area contributed by atoms with Crippen LogP contribution in [0.3, 0.4) is 0 Å². The smallest absolute Gasteiger partial charge is 0.0302 e. The average molecular weight is 237 g/mol. The minimum absolute atomic E-state index is 0.728. The molecule has 1 fully saturated rings. The molecule has 0 radical (unpaired) electrons. The van der Waals surface area contributed by atoms with Gasteiger partial charge in [0.1, 0.15) is 0 Å². The van der Waals surface area contributed by atoms with Gasteiger partial charge in [-0.15, -0.1) is 11.3 Å². The van der Waals surface area contributed by atoms with Crippen LogP contribution in [0.5, 0.6) is 0 Å². The largest absolute Gasteiger partial charge is 0.309 e. The molecule has 0 spiro atoms. The molecule has 0 aliphatic heterocycles. The lowest BCUT2D eigenvalue weighted by Crippen LogP contribution is -2.40. The molecular formula is C14H23NS. The van der Waals surface area contributed by atoms with Crippen molar-refractivity contribution < 1.29 is 0 Å². The first kappa shape index (κ1) is 12.1. The summed E-state index contributed by atoms with van der Waals surface area (Å²) in [7, 11) is 0. The predicted octanol–water partition coefficient (Wildman–Crippen LogP) is 3.97. The van der Waals surface area contributed by atoms with Gasteiger partial charge in [0.05, 0.1) is 0 Å². The van der Waals surface area contributed by atoms with E-state index >= 15 is 0 Å². The van der Waals surface area contributed by atoms with Crippen LogP contribution in [-0.4, -0.2) is 6.04 Å². The summed E-state index contributed by atoms with van der Waals surface area (Å²) >= 11 is 1.92. The molecule has 2 heteroatoms. The summed E-state index contributed by atoms with van der Waals surface area (Å²) in [5.41, 5.74) is 0. The van der Waals surface area contributed by atoms with E-state index in [1.54, 1.807) is 0 Å². The average Bonchev–Trinajstić information content (AvgIpc) is 2.67. The molecule has 1 aromatic heterocycles. The third-order valence-corrected chi connectivity index (χ3v) is 5.04. The van der Waals surface area contributed by atoms with Crippen molar-refractivity contribution in [1.82, 2.24) is 5.32 Å². The van der Waals surface area contributed by atoms with Gasteiger partial charge in [0.15, 0.2) is 0 Å². The van der Waals surface area contributed by atoms with E-state index in [9.17, 15) is 0 Å². The van der Waals surface area contributed by atoms with Crippen LogP contribution in [0, 0.1) is 18.8 Å². The molecule has 1 N–H and O–H groups in total. The second kappa shape index (κ2) is 5.33. The van der Waals surface area contributed by atoms with E-state index in [4.69, 9.17) is 0 Å². The fourth-order valence-corrected chi connectivity index (χ4v) is 3.52. The van der Waals surface area contributed by atoms with Crippen molar-refractivity contribution in [2.24, 2.45) is 11.8 Å².